The Morgan fingerprint density at radius 3 is 2.55 bits per heavy atom. The number of nitrogens with one attached hydrogen (secondary N) is 1. The molecule has 0 radical (unpaired) electrons. The minimum atomic E-state index is 0.763. The third-order valence-corrected chi connectivity index (χ3v) is 6.72. The molecule has 0 amide bonds. The molecule has 20 heavy (non-hydrogen) atoms. The van der Waals surface area contributed by atoms with Crippen molar-refractivity contribution in [1.82, 2.24) is 5.32 Å². The van der Waals surface area contributed by atoms with Crippen molar-refractivity contribution in [3.05, 3.63) is 11.0 Å². The summed E-state index contributed by atoms with van der Waals surface area (Å²) in [5, 5.41) is 4.95. The SMILES string of the molecule is C1=C2\CC(CCCC/1)NC1CCCCCCC(CC1)S2. The van der Waals surface area contributed by atoms with Crippen molar-refractivity contribution < 1.29 is 0 Å². The lowest BCUT2D eigenvalue weighted by Gasteiger charge is -2.26. The van der Waals surface area contributed by atoms with Crippen LogP contribution in [0, 0.1) is 0 Å². The van der Waals surface area contributed by atoms with Gasteiger partial charge in [0.25, 0.3) is 0 Å². The highest BCUT2D eigenvalue weighted by Gasteiger charge is 2.24. The summed E-state index contributed by atoms with van der Waals surface area (Å²) in [5.74, 6) is 0. The van der Waals surface area contributed by atoms with Gasteiger partial charge in [-0.25, -0.2) is 0 Å². The van der Waals surface area contributed by atoms with Crippen LogP contribution >= 0.6 is 11.8 Å². The Morgan fingerprint density at radius 2 is 1.60 bits per heavy atom. The van der Waals surface area contributed by atoms with E-state index in [1.165, 1.54) is 83.5 Å². The lowest BCUT2D eigenvalue weighted by molar-refractivity contribution is 0.345. The first-order valence-corrected chi connectivity index (χ1v) is 9.90. The van der Waals surface area contributed by atoms with Crippen LogP contribution in [0.25, 0.3) is 0 Å². The number of rotatable bonds is 0. The molecule has 3 rings (SSSR count). The third-order valence-electron chi connectivity index (χ3n) is 5.28. The Labute approximate surface area is 129 Å². The molecule has 4 bridgehead atoms. The fraction of sp³-hybridized carbons (Fsp3) is 0.889. The molecular formula is C18H31NS. The first-order chi connectivity index (χ1) is 9.90. The van der Waals surface area contributed by atoms with Gasteiger partial charge in [-0.3, -0.25) is 0 Å². The fourth-order valence-electron chi connectivity index (χ4n) is 4.09. The van der Waals surface area contributed by atoms with E-state index >= 15 is 0 Å². The lowest BCUT2D eigenvalue weighted by Crippen LogP contribution is -2.38. The highest BCUT2D eigenvalue weighted by atomic mass is 32.2. The molecule has 1 saturated heterocycles. The molecule has 0 aromatic heterocycles. The summed E-state index contributed by atoms with van der Waals surface area (Å²) in [6.45, 7) is 0. The maximum absolute atomic E-state index is 4.04. The van der Waals surface area contributed by atoms with Crippen LogP contribution < -0.4 is 5.32 Å². The van der Waals surface area contributed by atoms with E-state index in [0.29, 0.717) is 0 Å². The Balaban J connectivity index is 1.76. The van der Waals surface area contributed by atoms with Crippen LogP contribution in [0.15, 0.2) is 11.0 Å². The molecule has 1 aliphatic heterocycles. The molecule has 2 aliphatic carbocycles. The molecule has 2 fully saturated rings. The molecule has 1 nitrogen and oxygen atoms in total. The quantitative estimate of drug-likeness (QED) is 0.641. The zero-order valence-corrected chi connectivity index (χ0v) is 13.7. The second kappa shape index (κ2) is 7.89. The second-order valence-electron chi connectivity index (χ2n) is 7.03. The molecule has 0 aromatic carbocycles. The predicted octanol–water partition coefficient (Wildman–Crippen LogP) is 5.41. The van der Waals surface area contributed by atoms with Crippen molar-refractivity contribution in [2.75, 3.05) is 0 Å². The van der Waals surface area contributed by atoms with Gasteiger partial charge in [-0.15, -0.1) is 11.8 Å². The average Bonchev–Trinajstić information content (AvgIpc) is 2.52. The molecule has 0 spiro atoms. The first-order valence-electron chi connectivity index (χ1n) is 9.02. The van der Waals surface area contributed by atoms with Crippen molar-refractivity contribution in [2.24, 2.45) is 0 Å². The minimum absolute atomic E-state index is 0.763. The van der Waals surface area contributed by atoms with Crippen LogP contribution in [0.3, 0.4) is 0 Å². The highest BCUT2D eigenvalue weighted by Crippen LogP contribution is 2.36. The Kier molecular flexibility index (Phi) is 5.90. The Hall–Kier alpha value is 0.0500. The highest BCUT2D eigenvalue weighted by molar-refractivity contribution is 8.03. The van der Waals surface area contributed by atoms with Gasteiger partial charge in [0, 0.05) is 17.3 Å². The summed E-state index contributed by atoms with van der Waals surface area (Å²) in [4.78, 5) is 1.71. The smallest absolute Gasteiger partial charge is 0.0115 e. The van der Waals surface area contributed by atoms with Gasteiger partial charge in [-0.05, 0) is 56.3 Å². The summed E-state index contributed by atoms with van der Waals surface area (Å²) in [6, 6.07) is 1.57. The van der Waals surface area contributed by atoms with Gasteiger partial charge in [0.15, 0.2) is 0 Å². The molecule has 0 aromatic rings. The number of fused-ring (bicyclic) bond motifs is 5. The normalized spacial score (nSPS) is 39.4. The van der Waals surface area contributed by atoms with Crippen LogP contribution in [0.2, 0.25) is 0 Å². The predicted molar refractivity (Wildman–Crippen MR) is 90.2 cm³/mol. The van der Waals surface area contributed by atoms with Crippen molar-refractivity contribution in [2.45, 2.75) is 101 Å². The third kappa shape index (κ3) is 4.53. The zero-order chi connectivity index (χ0) is 13.6. The van der Waals surface area contributed by atoms with E-state index in [-0.39, 0.29) is 0 Å². The molecule has 1 N–H and O–H groups in total. The number of hydrogen-bond donors (Lipinski definition) is 1. The fourth-order valence-corrected chi connectivity index (χ4v) is 5.57. The first kappa shape index (κ1) is 15.0. The van der Waals surface area contributed by atoms with Gasteiger partial charge in [-0.1, -0.05) is 38.2 Å². The largest absolute Gasteiger partial charge is 0.311 e. The molecule has 1 saturated carbocycles. The van der Waals surface area contributed by atoms with Gasteiger partial charge < -0.3 is 5.32 Å². The zero-order valence-electron chi connectivity index (χ0n) is 12.9. The molecular weight excluding hydrogens is 262 g/mol. The maximum atomic E-state index is 4.04. The monoisotopic (exact) mass is 293 g/mol. The second-order valence-corrected chi connectivity index (χ2v) is 8.46. The van der Waals surface area contributed by atoms with E-state index in [0.717, 1.165) is 17.3 Å². The van der Waals surface area contributed by atoms with Crippen molar-refractivity contribution >= 4 is 11.8 Å². The number of thioether (sulfide) groups is 1. The van der Waals surface area contributed by atoms with Crippen LogP contribution in [-0.2, 0) is 0 Å². The lowest BCUT2D eigenvalue weighted by atomic mass is 9.95. The van der Waals surface area contributed by atoms with Crippen LogP contribution in [-0.4, -0.2) is 17.3 Å². The molecule has 114 valence electrons. The van der Waals surface area contributed by atoms with E-state index in [2.05, 4.69) is 23.2 Å². The van der Waals surface area contributed by atoms with Crippen LogP contribution in [0.5, 0.6) is 0 Å². The molecule has 3 aliphatic rings. The summed E-state index contributed by atoms with van der Waals surface area (Å²) >= 11 is 2.25. The van der Waals surface area contributed by atoms with Gasteiger partial charge in [-0.2, -0.15) is 0 Å². The topological polar surface area (TPSA) is 12.0 Å². The molecule has 3 unspecified atom stereocenters. The van der Waals surface area contributed by atoms with E-state index in [9.17, 15) is 0 Å². The van der Waals surface area contributed by atoms with Crippen LogP contribution in [0.1, 0.15) is 83.5 Å². The van der Waals surface area contributed by atoms with E-state index < -0.39 is 0 Å². The standard InChI is InChI=1S/C18H31NS/c1-2-6-10-17-13-12-15(8-4-1)19-16-9-5-3-7-11-18(14-16)20-17/h11,15-17,19H,1-10,12-14H2/b18-11+. The van der Waals surface area contributed by atoms with E-state index in [1.54, 1.807) is 4.91 Å². The van der Waals surface area contributed by atoms with E-state index in [1.807, 2.05) is 0 Å². The number of allylic oxidation sites excluding steroid dienone is 1. The van der Waals surface area contributed by atoms with Gasteiger partial charge in [0.05, 0.1) is 0 Å². The van der Waals surface area contributed by atoms with Gasteiger partial charge >= 0.3 is 0 Å². The van der Waals surface area contributed by atoms with Gasteiger partial charge in [0.1, 0.15) is 0 Å². The Morgan fingerprint density at radius 1 is 0.800 bits per heavy atom. The van der Waals surface area contributed by atoms with Crippen molar-refractivity contribution in [1.29, 1.82) is 0 Å². The number of hydrogen-bond acceptors (Lipinski definition) is 2. The summed E-state index contributed by atoms with van der Waals surface area (Å²) < 4.78 is 0. The average molecular weight is 294 g/mol. The summed E-state index contributed by atoms with van der Waals surface area (Å²) in [7, 11) is 0. The van der Waals surface area contributed by atoms with Crippen molar-refractivity contribution in [3.8, 4) is 0 Å². The summed E-state index contributed by atoms with van der Waals surface area (Å²) in [5.41, 5.74) is 0. The maximum Gasteiger partial charge on any atom is 0.0115 e. The van der Waals surface area contributed by atoms with E-state index in [4.69, 9.17) is 0 Å². The Bertz CT molecular complexity index is 325. The summed E-state index contributed by atoms with van der Waals surface area (Å²) in [6.07, 6.45) is 21.0. The molecule has 2 heteroatoms. The molecule has 3 atom stereocenters. The van der Waals surface area contributed by atoms with Gasteiger partial charge in [0.2, 0.25) is 0 Å². The van der Waals surface area contributed by atoms with Crippen LogP contribution in [0.4, 0.5) is 0 Å². The molecule has 1 heterocycles. The minimum Gasteiger partial charge on any atom is -0.311 e. The van der Waals surface area contributed by atoms with Crippen molar-refractivity contribution in [3.63, 3.8) is 0 Å².